The number of furan rings is 1. The van der Waals surface area contributed by atoms with Crippen molar-refractivity contribution >= 4 is 17.5 Å². The van der Waals surface area contributed by atoms with Crippen molar-refractivity contribution in [1.82, 2.24) is 5.32 Å². The van der Waals surface area contributed by atoms with Gasteiger partial charge in [0.2, 0.25) is 0 Å². The molecule has 0 saturated carbocycles. The molecule has 1 amide bonds. The number of halogens is 1. The lowest BCUT2D eigenvalue weighted by atomic mass is 10.2. The Hall–Kier alpha value is -1.94. The molecule has 2 aromatic rings. The van der Waals surface area contributed by atoms with Crippen LogP contribution in [0.3, 0.4) is 0 Å². The number of rotatable bonds is 5. The zero-order chi connectivity index (χ0) is 14.5. The van der Waals surface area contributed by atoms with Crippen molar-refractivity contribution in [2.75, 3.05) is 7.11 Å². The zero-order valence-electron chi connectivity index (χ0n) is 11.4. The van der Waals surface area contributed by atoms with E-state index >= 15 is 0 Å². The van der Waals surface area contributed by atoms with Crippen molar-refractivity contribution in [2.45, 2.75) is 18.8 Å². The second-order valence-electron chi connectivity index (χ2n) is 4.31. The summed E-state index contributed by atoms with van der Waals surface area (Å²) in [6.45, 7) is 2.16. The van der Waals surface area contributed by atoms with E-state index in [0.29, 0.717) is 12.3 Å². The molecule has 1 aromatic carbocycles. The first kappa shape index (κ1) is 14.5. The fourth-order valence-electron chi connectivity index (χ4n) is 1.80. The lowest BCUT2D eigenvalue weighted by Crippen LogP contribution is -2.22. The van der Waals surface area contributed by atoms with Crippen LogP contribution in [0, 0.1) is 0 Å². The van der Waals surface area contributed by atoms with Crippen molar-refractivity contribution in [3.63, 3.8) is 0 Å². The largest absolute Gasteiger partial charge is 0.496 e. The van der Waals surface area contributed by atoms with Gasteiger partial charge in [-0.15, -0.1) is 11.6 Å². The van der Waals surface area contributed by atoms with E-state index in [1.165, 1.54) is 0 Å². The van der Waals surface area contributed by atoms with E-state index in [2.05, 4.69) is 5.32 Å². The van der Waals surface area contributed by atoms with Gasteiger partial charge in [-0.25, -0.2) is 0 Å². The molecule has 0 radical (unpaired) electrons. The average Bonchev–Trinajstić information content (AvgIpc) is 2.95. The minimum atomic E-state index is -0.278. The minimum Gasteiger partial charge on any atom is -0.496 e. The van der Waals surface area contributed by atoms with Gasteiger partial charge < -0.3 is 14.5 Å². The fraction of sp³-hybridized carbons (Fsp3) is 0.267. The molecule has 0 bridgehead atoms. The maximum absolute atomic E-state index is 12.0. The number of hydrogen-bond donors (Lipinski definition) is 1. The lowest BCUT2D eigenvalue weighted by Gasteiger charge is -2.08. The highest BCUT2D eigenvalue weighted by atomic mass is 35.5. The maximum Gasteiger partial charge on any atom is 0.287 e. The second kappa shape index (κ2) is 6.48. The molecular formula is C15H16ClNO3. The van der Waals surface area contributed by atoms with Gasteiger partial charge in [0.25, 0.3) is 5.91 Å². The lowest BCUT2D eigenvalue weighted by molar-refractivity contribution is 0.0921. The van der Waals surface area contributed by atoms with Crippen LogP contribution in [0.4, 0.5) is 0 Å². The van der Waals surface area contributed by atoms with Crippen molar-refractivity contribution in [1.29, 1.82) is 0 Å². The molecule has 20 heavy (non-hydrogen) atoms. The van der Waals surface area contributed by atoms with Crippen LogP contribution in [-0.2, 0) is 6.54 Å². The Morgan fingerprint density at radius 2 is 2.10 bits per heavy atom. The molecule has 5 heteroatoms. The summed E-state index contributed by atoms with van der Waals surface area (Å²) in [6.07, 6.45) is 0. The summed E-state index contributed by atoms with van der Waals surface area (Å²) in [4.78, 5) is 12.0. The quantitative estimate of drug-likeness (QED) is 0.858. The van der Waals surface area contributed by atoms with E-state index in [9.17, 15) is 4.79 Å². The number of hydrogen-bond acceptors (Lipinski definition) is 3. The molecule has 1 heterocycles. The van der Waals surface area contributed by atoms with Crippen LogP contribution in [0.5, 0.6) is 5.75 Å². The number of benzene rings is 1. The molecule has 1 N–H and O–H groups in total. The van der Waals surface area contributed by atoms with Crippen molar-refractivity contribution in [3.8, 4) is 5.75 Å². The number of carbonyl (C=O) groups is 1. The Morgan fingerprint density at radius 1 is 1.35 bits per heavy atom. The zero-order valence-corrected chi connectivity index (χ0v) is 12.1. The topological polar surface area (TPSA) is 51.5 Å². The van der Waals surface area contributed by atoms with Crippen molar-refractivity contribution in [3.05, 3.63) is 53.5 Å². The van der Waals surface area contributed by atoms with Gasteiger partial charge in [0.05, 0.1) is 12.5 Å². The van der Waals surface area contributed by atoms with Gasteiger partial charge in [-0.2, -0.15) is 0 Å². The van der Waals surface area contributed by atoms with Crippen LogP contribution < -0.4 is 10.1 Å². The van der Waals surface area contributed by atoms with Gasteiger partial charge in [0, 0.05) is 12.1 Å². The number of methoxy groups -OCH3 is 1. The maximum atomic E-state index is 12.0. The Kier molecular flexibility index (Phi) is 4.69. The van der Waals surface area contributed by atoms with Crippen LogP contribution in [0.1, 0.15) is 34.2 Å². The smallest absolute Gasteiger partial charge is 0.287 e. The number of amides is 1. The molecule has 1 unspecified atom stereocenters. The average molecular weight is 294 g/mol. The predicted molar refractivity (Wildman–Crippen MR) is 77.1 cm³/mol. The molecule has 0 aliphatic rings. The highest BCUT2D eigenvalue weighted by Crippen LogP contribution is 2.22. The minimum absolute atomic E-state index is 0.252. The highest BCUT2D eigenvalue weighted by molar-refractivity contribution is 6.20. The summed E-state index contributed by atoms with van der Waals surface area (Å²) in [5, 5.41) is 2.53. The molecule has 0 fully saturated rings. The normalized spacial score (nSPS) is 11.9. The Balaban J connectivity index is 2.01. The third-order valence-electron chi connectivity index (χ3n) is 2.87. The van der Waals surface area contributed by atoms with E-state index in [0.717, 1.165) is 11.3 Å². The van der Waals surface area contributed by atoms with Gasteiger partial charge >= 0.3 is 0 Å². The van der Waals surface area contributed by atoms with E-state index in [-0.39, 0.29) is 17.0 Å². The number of ether oxygens (including phenoxy) is 1. The summed E-state index contributed by atoms with van der Waals surface area (Å²) in [6, 6.07) is 10.8. The third kappa shape index (κ3) is 3.33. The molecule has 0 spiro atoms. The monoisotopic (exact) mass is 293 g/mol. The molecule has 0 aliphatic carbocycles. The van der Waals surface area contributed by atoms with Gasteiger partial charge in [0.15, 0.2) is 5.76 Å². The molecule has 0 saturated heterocycles. The fourth-order valence-corrected chi connectivity index (χ4v) is 1.92. The summed E-state index contributed by atoms with van der Waals surface area (Å²) < 4.78 is 10.6. The molecule has 106 valence electrons. The SMILES string of the molecule is COc1ccccc1CNC(=O)c1ccc(C(C)Cl)o1. The summed E-state index contributed by atoms with van der Waals surface area (Å²) in [5.74, 6) is 1.29. The molecule has 4 nitrogen and oxygen atoms in total. The van der Waals surface area contributed by atoms with Gasteiger partial charge in [-0.3, -0.25) is 4.79 Å². The van der Waals surface area contributed by atoms with Crippen LogP contribution in [-0.4, -0.2) is 13.0 Å². The highest BCUT2D eigenvalue weighted by Gasteiger charge is 2.14. The number of para-hydroxylation sites is 1. The van der Waals surface area contributed by atoms with E-state index in [1.807, 2.05) is 24.3 Å². The third-order valence-corrected chi connectivity index (χ3v) is 3.09. The Bertz CT molecular complexity index is 592. The van der Waals surface area contributed by atoms with Crippen molar-refractivity contribution in [2.24, 2.45) is 0 Å². The predicted octanol–water partition coefficient (Wildman–Crippen LogP) is 3.52. The van der Waals surface area contributed by atoms with Crippen molar-refractivity contribution < 1.29 is 13.9 Å². The molecular weight excluding hydrogens is 278 g/mol. The first-order valence-electron chi connectivity index (χ1n) is 6.25. The Labute approximate surface area is 122 Å². The second-order valence-corrected chi connectivity index (χ2v) is 4.97. The van der Waals surface area contributed by atoms with E-state index < -0.39 is 0 Å². The van der Waals surface area contributed by atoms with Crippen LogP contribution >= 0.6 is 11.6 Å². The Morgan fingerprint density at radius 3 is 2.75 bits per heavy atom. The molecule has 0 aliphatic heterocycles. The number of nitrogens with one attached hydrogen (secondary N) is 1. The van der Waals surface area contributed by atoms with E-state index in [1.54, 1.807) is 26.2 Å². The number of alkyl halides is 1. The standard InChI is InChI=1S/C15H16ClNO3/c1-10(16)12-7-8-14(20-12)15(18)17-9-11-5-3-4-6-13(11)19-2/h3-8,10H,9H2,1-2H3,(H,17,18). The van der Waals surface area contributed by atoms with Crippen LogP contribution in [0.15, 0.2) is 40.8 Å². The molecule has 2 rings (SSSR count). The first-order chi connectivity index (χ1) is 9.61. The van der Waals surface area contributed by atoms with Crippen LogP contribution in [0.25, 0.3) is 0 Å². The van der Waals surface area contributed by atoms with Crippen LogP contribution in [0.2, 0.25) is 0 Å². The van der Waals surface area contributed by atoms with Gasteiger partial charge in [-0.05, 0) is 25.1 Å². The molecule has 1 aromatic heterocycles. The van der Waals surface area contributed by atoms with Gasteiger partial charge in [-0.1, -0.05) is 18.2 Å². The van der Waals surface area contributed by atoms with E-state index in [4.69, 9.17) is 20.8 Å². The molecule has 1 atom stereocenters. The summed E-state index contributed by atoms with van der Waals surface area (Å²) in [5.41, 5.74) is 0.904. The summed E-state index contributed by atoms with van der Waals surface area (Å²) in [7, 11) is 1.60. The first-order valence-corrected chi connectivity index (χ1v) is 6.69. The van der Waals surface area contributed by atoms with Gasteiger partial charge in [0.1, 0.15) is 11.5 Å². The summed E-state index contributed by atoms with van der Waals surface area (Å²) >= 11 is 5.89. The number of carbonyl (C=O) groups excluding carboxylic acids is 1.